The molecule has 1 heterocycles. The van der Waals surface area contributed by atoms with E-state index in [4.69, 9.17) is 14.2 Å². The maximum absolute atomic E-state index is 14.3. The molecule has 1 fully saturated rings. The van der Waals surface area contributed by atoms with E-state index in [1.165, 1.54) is 0 Å². The van der Waals surface area contributed by atoms with Crippen LogP contribution in [0.4, 0.5) is 0 Å². The number of carbonyl (C=O) groups is 1. The minimum atomic E-state index is -2.04. The predicted octanol–water partition coefficient (Wildman–Crippen LogP) is 8.64. The number of aliphatic hydroxyl groups excluding tert-OH is 1. The van der Waals surface area contributed by atoms with E-state index in [1.807, 2.05) is 51.1 Å². The number of hydrogen-bond acceptors (Lipinski definition) is 5. The van der Waals surface area contributed by atoms with Crippen LogP contribution in [-0.2, 0) is 25.6 Å². The monoisotopic (exact) mass is 634 g/mol. The van der Waals surface area contributed by atoms with Gasteiger partial charge in [0.05, 0.1) is 31.5 Å². The summed E-state index contributed by atoms with van der Waals surface area (Å²) in [4.78, 5) is 14.3. The molecule has 1 spiro atoms. The van der Waals surface area contributed by atoms with Gasteiger partial charge in [-0.2, -0.15) is 0 Å². The topological polar surface area (TPSA) is 65.0 Å². The van der Waals surface area contributed by atoms with Crippen molar-refractivity contribution < 1.29 is 24.1 Å². The van der Waals surface area contributed by atoms with Crippen LogP contribution in [-0.4, -0.2) is 44.1 Å². The predicted molar refractivity (Wildman–Crippen MR) is 185 cm³/mol. The van der Waals surface area contributed by atoms with Gasteiger partial charge in [-0.25, -0.2) is 0 Å². The third kappa shape index (κ3) is 6.60. The molecule has 1 saturated carbocycles. The molecule has 0 amide bonds. The van der Waals surface area contributed by atoms with Crippen molar-refractivity contribution in [3.8, 4) is 11.5 Å². The Morgan fingerprint density at radius 2 is 1.67 bits per heavy atom. The van der Waals surface area contributed by atoms with Crippen LogP contribution in [0.25, 0.3) is 0 Å². The summed E-state index contributed by atoms with van der Waals surface area (Å²) in [5.41, 5.74) is 3.73. The summed E-state index contributed by atoms with van der Waals surface area (Å²) in [6.07, 6.45) is 9.81. The second-order valence-electron chi connectivity index (χ2n) is 16.1. The molecule has 6 heteroatoms. The Bertz CT molecular complexity index is 1280. The molecule has 2 aliphatic carbocycles. The Balaban J connectivity index is 1.78. The van der Waals surface area contributed by atoms with E-state index in [9.17, 15) is 9.90 Å². The van der Waals surface area contributed by atoms with Crippen molar-refractivity contribution in [3.05, 3.63) is 60.4 Å². The van der Waals surface area contributed by atoms with Gasteiger partial charge in [0, 0.05) is 22.7 Å². The molecule has 6 atom stereocenters. The lowest BCUT2D eigenvalue weighted by Crippen LogP contribution is -2.63. The van der Waals surface area contributed by atoms with Gasteiger partial charge < -0.3 is 19.3 Å². The van der Waals surface area contributed by atoms with E-state index < -0.39 is 36.0 Å². The van der Waals surface area contributed by atoms with Crippen molar-refractivity contribution in [2.24, 2.45) is 28.1 Å². The molecular weight excluding hydrogens is 577 g/mol. The van der Waals surface area contributed by atoms with Crippen LogP contribution in [0.5, 0.6) is 0 Å². The number of allylic oxidation sites excluding steroid dienone is 2. The van der Waals surface area contributed by atoms with E-state index >= 15 is 0 Å². The van der Waals surface area contributed by atoms with Gasteiger partial charge in [-0.15, -0.1) is 5.54 Å². The van der Waals surface area contributed by atoms with Gasteiger partial charge in [0.2, 0.25) is 0 Å². The summed E-state index contributed by atoms with van der Waals surface area (Å²) in [5, 5.41) is 12.0. The maximum atomic E-state index is 14.3. The van der Waals surface area contributed by atoms with E-state index in [0.717, 1.165) is 18.4 Å². The largest absolute Gasteiger partial charge is 0.501 e. The Morgan fingerprint density at radius 1 is 1.02 bits per heavy atom. The number of rotatable bonds is 9. The minimum Gasteiger partial charge on any atom is -0.501 e. The average molecular weight is 635 g/mol. The highest BCUT2D eigenvalue weighted by molar-refractivity contribution is 6.90. The third-order valence-corrected chi connectivity index (χ3v) is 17.6. The van der Waals surface area contributed by atoms with Crippen LogP contribution in [0.3, 0.4) is 0 Å². The first-order valence-electron chi connectivity index (χ1n) is 17.1. The molecule has 0 aromatic heterocycles. The molecule has 45 heavy (non-hydrogen) atoms. The summed E-state index contributed by atoms with van der Waals surface area (Å²) < 4.78 is 18.7. The highest BCUT2D eigenvalue weighted by atomic mass is 28.3. The Kier molecular flexibility index (Phi) is 10.6. The van der Waals surface area contributed by atoms with E-state index in [1.54, 1.807) is 6.26 Å². The smallest absolute Gasteiger partial charge is 0.315 e. The number of hydrogen-bond donors (Lipinski definition) is 1. The molecule has 1 aliphatic heterocycles. The molecule has 0 unspecified atom stereocenters. The number of benzene rings is 1. The lowest BCUT2D eigenvalue weighted by Gasteiger charge is -2.61. The van der Waals surface area contributed by atoms with Crippen LogP contribution >= 0.6 is 0 Å². The summed E-state index contributed by atoms with van der Waals surface area (Å²) in [6.45, 7) is 22.9. The molecule has 5 nitrogen and oxygen atoms in total. The highest BCUT2D eigenvalue weighted by Gasteiger charge is 2.65. The quantitative estimate of drug-likeness (QED) is 0.128. The molecule has 1 aromatic carbocycles. The molecule has 248 valence electrons. The van der Waals surface area contributed by atoms with Crippen LogP contribution in [0.1, 0.15) is 94.1 Å². The Labute approximate surface area is 274 Å². The van der Waals surface area contributed by atoms with Crippen LogP contribution in [0.15, 0.2) is 54.8 Å². The van der Waals surface area contributed by atoms with E-state index in [-0.39, 0.29) is 24.4 Å². The lowest BCUT2D eigenvalue weighted by atomic mass is 9.43. The zero-order chi connectivity index (χ0) is 33.3. The van der Waals surface area contributed by atoms with E-state index in [0.29, 0.717) is 36.3 Å². The van der Waals surface area contributed by atoms with Crippen molar-refractivity contribution >= 4 is 14.0 Å². The molecule has 1 N–H and O–H groups in total. The fourth-order valence-electron chi connectivity index (χ4n) is 9.13. The van der Waals surface area contributed by atoms with Gasteiger partial charge in [0.1, 0.15) is 19.8 Å². The Morgan fingerprint density at radius 3 is 2.27 bits per heavy atom. The van der Waals surface area contributed by atoms with Gasteiger partial charge in [0.15, 0.2) is 0 Å². The molecule has 0 bridgehead atoms. The van der Waals surface area contributed by atoms with Gasteiger partial charge >= 0.3 is 5.97 Å². The summed E-state index contributed by atoms with van der Waals surface area (Å²) in [6, 6.07) is 10.1. The fourth-order valence-corrected chi connectivity index (χ4v) is 14.4. The standard InChI is InChI=1S/C39H58O5Si/c1-28(2)45(29(3)4,30(5)6)24-19-34(40)37(10)22-17-33-38(26-42-23-18-32(37)38)20-14-21-39(33,35(41)44-36(7,8)9)27-43-25-31-15-12-11-13-16-31/h11-13,15-18,22-23,28-30,32-34,40H,14,20-21,25-27H2,1-10H3/t32-,33+,34-,37+,38-,39+/m0/s1. The Hall–Kier alpha value is -2.33. The number of aliphatic hydroxyl groups is 1. The first-order chi connectivity index (χ1) is 21.0. The normalized spacial score (nSPS) is 30.3. The third-order valence-electron chi connectivity index (χ3n) is 11.3. The molecule has 0 saturated heterocycles. The molecule has 1 aromatic rings. The van der Waals surface area contributed by atoms with Crippen LogP contribution in [0, 0.1) is 39.5 Å². The SMILES string of the molecule is CC(C)[Si](C#C[C@H](O)[C@]1(C)C=C[C@H]2[C@@](COCc3ccccc3)(C(=O)OC(C)(C)C)CCC[C@@]23COC=C[C@@H]13)(C(C)C)C(C)C. The number of ether oxygens (including phenoxy) is 3. The van der Waals surface area contributed by atoms with Crippen LogP contribution < -0.4 is 0 Å². The fraction of sp³-hybridized carbons (Fsp3) is 0.667. The van der Waals surface area contributed by atoms with Crippen molar-refractivity contribution in [2.75, 3.05) is 13.2 Å². The van der Waals surface area contributed by atoms with Gasteiger partial charge in [0.25, 0.3) is 0 Å². The molecule has 0 radical (unpaired) electrons. The van der Waals surface area contributed by atoms with Gasteiger partial charge in [-0.1, -0.05) is 103 Å². The summed E-state index contributed by atoms with van der Waals surface area (Å²) >= 11 is 0. The molecule has 3 aliphatic rings. The van der Waals surface area contributed by atoms with Crippen molar-refractivity contribution in [1.82, 2.24) is 0 Å². The first-order valence-corrected chi connectivity index (χ1v) is 19.3. The van der Waals surface area contributed by atoms with E-state index in [2.05, 4.69) is 78.2 Å². The lowest BCUT2D eigenvalue weighted by molar-refractivity contribution is -0.196. The zero-order valence-electron chi connectivity index (χ0n) is 29.5. The van der Waals surface area contributed by atoms with Crippen LogP contribution in [0.2, 0.25) is 16.6 Å². The zero-order valence-corrected chi connectivity index (χ0v) is 30.5. The van der Waals surface area contributed by atoms with Crippen molar-refractivity contribution in [1.29, 1.82) is 0 Å². The molecular formula is C39H58O5Si. The molecule has 4 rings (SSSR count). The minimum absolute atomic E-state index is 0.0671. The first kappa shape index (κ1) is 35.5. The highest BCUT2D eigenvalue weighted by Crippen LogP contribution is 2.64. The van der Waals surface area contributed by atoms with Gasteiger partial charge in [-0.05, 0) is 61.9 Å². The van der Waals surface area contributed by atoms with Crippen molar-refractivity contribution in [3.63, 3.8) is 0 Å². The van der Waals surface area contributed by atoms with Gasteiger partial charge in [-0.3, -0.25) is 4.79 Å². The maximum Gasteiger partial charge on any atom is 0.315 e. The summed E-state index contributed by atoms with van der Waals surface area (Å²) in [7, 11) is -2.04. The van der Waals surface area contributed by atoms with Crippen molar-refractivity contribution in [2.45, 2.75) is 123 Å². The number of carbonyl (C=O) groups excluding carboxylic acids is 1. The summed E-state index contributed by atoms with van der Waals surface area (Å²) in [5.74, 6) is 3.00. The second kappa shape index (κ2) is 13.4. The second-order valence-corrected chi connectivity index (χ2v) is 21.7. The number of esters is 1. The average Bonchev–Trinajstić information content (AvgIpc) is 2.96.